The van der Waals surface area contributed by atoms with Gasteiger partial charge in [0.05, 0.1) is 11.3 Å². The van der Waals surface area contributed by atoms with E-state index in [9.17, 15) is 9.59 Å². The summed E-state index contributed by atoms with van der Waals surface area (Å²) in [5.41, 5.74) is 0.610. The first kappa shape index (κ1) is 14.5. The van der Waals surface area contributed by atoms with Crippen molar-refractivity contribution in [2.45, 2.75) is 6.92 Å². The third kappa shape index (κ3) is 3.55. The number of carboxylic acid groups (broad SMARTS) is 1. The average Bonchev–Trinajstić information content (AvgIpc) is 2.77. The first-order valence-electron chi connectivity index (χ1n) is 5.49. The van der Waals surface area contributed by atoms with E-state index in [1.165, 1.54) is 29.5 Å². The van der Waals surface area contributed by atoms with Gasteiger partial charge in [-0.15, -0.1) is 11.3 Å². The van der Waals surface area contributed by atoms with Crippen molar-refractivity contribution in [1.29, 1.82) is 0 Å². The number of benzene rings is 1. The maximum absolute atomic E-state index is 11.8. The lowest BCUT2D eigenvalue weighted by atomic mass is 10.2. The molecule has 0 aliphatic heterocycles. The highest BCUT2D eigenvalue weighted by Crippen LogP contribution is 2.24. The Morgan fingerprint density at radius 1 is 1.35 bits per heavy atom. The summed E-state index contributed by atoms with van der Waals surface area (Å²) in [5.74, 6) is -1.03. The van der Waals surface area contributed by atoms with E-state index in [1.807, 2.05) is 6.92 Å². The van der Waals surface area contributed by atoms with Gasteiger partial charge >= 0.3 is 12.0 Å². The van der Waals surface area contributed by atoms with Gasteiger partial charge in [0.2, 0.25) is 0 Å². The van der Waals surface area contributed by atoms with Crippen LogP contribution in [-0.2, 0) is 0 Å². The minimum atomic E-state index is -1.03. The van der Waals surface area contributed by atoms with E-state index in [0.717, 1.165) is 4.88 Å². The number of hydrogen-bond donors (Lipinski definition) is 3. The van der Waals surface area contributed by atoms with Crippen LogP contribution in [0.3, 0.4) is 0 Å². The number of rotatable bonds is 3. The molecule has 0 aliphatic rings. The van der Waals surface area contributed by atoms with Gasteiger partial charge in [0.15, 0.2) is 5.13 Å². The number of halogens is 1. The fraction of sp³-hybridized carbons (Fsp3) is 0.0833. The largest absolute Gasteiger partial charge is 0.478 e. The number of hydrogen-bond acceptors (Lipinski definition) is 4. The Bertz CT molecular complexity index is 672. The number of nitrogens with zero attached hydrogens (tertiary/aromatic N) is 1. The van der Waals surface area contributed by atoms with Crippen LogP contribution in [0.1, 0.15) is 15.2 Å². The lowest BCUT2D eigenvalue weighted by Gasteiger charge is -2.08. The van der Waals surface area contributed by atoms with Crippen LogP contribution in [0.4, 0.5) is 15.6 Å². The summed E-state index contributed by atoms with van der Waals surface area (Å²) in [6, 6.07) is 3.91. The second kappa shape index (κ2) is 6.02. The number of carbonyl (C=O) groups excluding carboxylic acids is 1. The molecule has 2 aromatic rings. The summed E-state index contributed by atoms with van der Waals surface area (Å²) in [7, 11) is 0. The predicted molar refractivity (Wildman–Crippen MR) is 80.6 cm³/mol. The minimum absolute atomic E-state index is 0.137. The highest BCUT2D eigenvalue weighted by atomic mass is 79.9. The van der Waals surface area contributed by atoms with Crippen molar-refractivity contribution in [3.05, 3.63) is 39.3 Å². The van der Waals surface area contributed by atoms with E-state index >= 15 is 0 Å². The number of anilines is 2. The molecule has 2 amide bonds. The number of thiazole rings is 1. The molecule has 0 spiro atoms. The number of amides is 2. The van der Waals surface area contributed by atoms with Crippen LogP contribution in [0, 0.1) is 6.92 Å². The van der Waals surface area contributed by atoms with Gasteiger partial charge in [-0.05, 0) is 41.1 Å². The summed E-state index contributed by atoms with van der Waals surface area (Å²) in [5, 5.41) is 14.6. The maximum Gasteiger partial charge on any atom is 0.335 e. The van der Waals surface area contributed by atoms with Crippen molar-refractivity contribution < 1.29 is 14.7 Å². The smallest absolute Gasteiger partial charge is 0.335 e. The van der Waals surface area contributed by atoms with Crippen molar-refractivity contribution >= 4 is 50.1 Å². The molecule has 0 bridgehead atoms. The Morgan fingerprint density at radius 2 is 2.10 bits per heavy atom. The molecule has 3 N–H and O–H groups in total. The van der Waals surface area contributed by atoms with Crippen molar-refractivity contribution in [2.24, 2.45) is 0 Å². The lowest BCUT2D eigenvalue weighted by molar-refractivity contribution is 0.0697. The summed E-state index contributed by atoms with van der Waals surface area (Å²) < 4.78 is 0.489. The summed E-state index contributed by atoms with van der Waals surface area (Å²) >= 11 is 4.58. The van der Waals surface area contributed by atoms with Crippen molar-refractivity contribution in [1.82, 2.24) is 4.98 Å². The van der Waals surface area contributed by atoms with E-state index in [-0.39, 0.29) is 5.56 Å². The molecule has 104 valence electrons. The van der Waals surface area contributed by atoms with Gasteiger partial charge in [-0.25, -0.2) is 14.6 Å². The van der Waals surface area contributed by atoms with Crippen LogP contribution in [-0.4, -0.2) is 22.1 Å². The third-order valence-corrected chi connectivity index (χ3v) is 3.79. The van der Waals surface area contributed by atoms with E-state index in [2.05, 4.69) is 31.5 Å². The van der Waals surface area contributed by atoms with Crippen LogP contribution in [0.25, 0.3) is 0 Å². The summed E-state index contributed by atoms with van der Waals surface area (Å²) in [6.45, 7) is 1.89. The second-order valence-corrected chi connectivity index (χ2v) is 5.94. The Balaban J connectivity index is 2.06. The van der Waals surface area contributed by atoms with Gasteiger partial charge in [0.25, 0.3) is 0 Å². The molecule has 0 unspecified atom stereocenters. The molecule has 0 saturated heterocycles. The molecule has 0 atom stereocenters. The lowest BCUT2D eigenvalue weighted by Crippen LogP contribution is -2.19. The Hall–Kier alpha value is -1.93. The quantitative estimate of drug-likeness (QED) is 0.784. The first-order chi connectivity index (χ1) is 9.45. The van der Waals surface area contributed by atoms with Gasteiger partial charge in [0.1, 0.15) is 0 Å². The van der Waals surface area contributed by atoms with E-state index < -0.39 is 12.0 Å². The Kier molecular flexibility index (Phi) is 4.35. The zero-order valence-electron chi connectivity index (χ0n) is 10.3. The molecule has 1 aromatic heterocycles. The van der Waals surface area contributed by atoms with Crippen molar-refractivity contribution in [2.75, 3.05) is 10.6 Å². The van der Waals surface area contributed by atoms with Crippen molar-refractivity contribution in [3.8, 4) is 0 Å². The summed E-state index contributed by atoms with van der Waals surface area (Å²) in [6.07, 6.45) is 1.66. The van der Waals surface area contributed by atoms with Crippen molar-refractivity contribution in [3.63, 3.8) is 0 Å². The number of nitrogens with one attached hydrogen (secondary N) is 2. The molecule has 1 aromatic carbocycles. The third-order valence-electron chi connectivity index (χ3n) is 2.31. The fourth-order valence-electron chi connectivity index (χ4n) is 1.41. The molecular formula is C12H10BrN3O3S. The molecule has 20 heavy (non-hydrogen) atoms. The fourth-order valence-corrected chi connectivity index (χ4v) is 2.55. The minimum Gasteiger partial charge on any atom is -0.478 e. The van der Waals surface area contributed by atoms with Crippen LogP contribution in [0.2, 0.25) is 0 Å². The standard InChI is InChI=1S/C12H10BrN3O3S/c1-6-5-14-12(20-6)16-11(19)15-9-3-2-7(10(17)18)4-8(9)13/h2-5H,1H3,(H,17,18)(H2,14,15,16,19). The number of aromatic carboxylic acids is 1. The predicted octanol–water partition coefficient (Wildman–Crippen LogP) is 3.56. The molecular weight excluding hydrogens is 346 g/mol. The number of aromatic nitrogens is 1. The monoisotopic (exact) mass is 355 g/mol. The number of carbonyl (C=O) groups is 2. The molecule has 8 heteroatoms. The highest BCUT2D eigenvalue weighted by Gasteiger charge is 2.10. The average molecular weight is 356 g/mol. The van der Waals surface area contributed by atoms with Crippen LogP contribution >= 0.6 is 27.3 Å². The number of carboxylic acids is 1. The Labute approximate surface area is 127 Å². The van der Waals surface area contributed by atoms with Crippen LogP contribution in [0.5, 0.6) is 0 Å². The van der Waals surface area contributed by atoms with Crippen LogP contribution < -0.4 is 10.6 Å². The van der Waals surface area contributed by atoms with E-state index in [4.69, 9.17) is 5.11 Å². The van der Waals surface area contributed by atoms with Crippen LogP contribution in [0.15, 0.2) is 28.9 Å². The normalized spacial score (nSPS) is 10.1. The zero-order chi connectivity index (χ0) is 14.7. The van der Waals surface area contributed by atoms with Gasteiger partial charge in [-0.3, -0.25) is 5.32 Å². The first-order valence-corrected chi connectivity index (χ1v) is 7.10. The second-order valence-electron chi connectivity index (χ2n) is 3.85. The SMILES string of the molecule is Cc1cnc(NC(=O)Nc2ccc(C(=O)O)cc2Br)s1. The molecule has 0 radical (unpaired) electrons. The topological polar surface area (TPSA) is 91.3 Å². The number of urea groups is 1. The molecule has 0 fully saturated rings. The summed E-state index contributed by atoms with van der Waals surface area (Å²) in [4.78, 5) is 27.6. The number of aryl methyl sites for hydroxylation is 1. The molecule has 6 nitrogen and oxygen atoms in total. The zero-order valence-corrected chi connectivity index (χ0v) is 12.7. The molecule has 0 aliphatic carbocycles. The van der Waals surface area contributed by atoms with Gasteiger partial charge in [-0.2, -0.15) is 0 Å². The molecule has 0 saturated carbocycles. The Morgan fingerprint density at radius 3 is 2.65 bits per heavy atom. The van der Waals surface area contributed by atoms with E-state index in [1.54, 1.807) is 6.20 Å². The maximum atomic E-state index is 11.8. The van der Waals surface area contributed by atoms with Gasteiger partial charge in [0, 0.05) is 15.5 Å². The molecule has 1 heterocycles. The molecule has 2 rings (SSSR count). The highest BCUT2D eigenvalue weighted by molar-refractivity contribution is 9.10. The van der Waals surface area contributed by atoms with Gasteiger partial charge < -0.3 is 10.4 Å². The van der Waals surface area contributed by atoms with E-state index in [0.29, 0.717) is 15.3 Å². The van der Waals surface area contributed by atoms with Gasteiger partial charge in [-0.1, -0.05) is 0 Å².